The first-order valence-electron chi connectivity index (χ1n) is 5.56. The molecule has 1 aromatic rings. The van der Waals surface area contributed by atoms with Crippen LogP contribution in [0.4, 0.5) is 4.79 Å². The van der Waals surface area contributed by atoms with Gasteiger partial charge in [0, 0.05) is 6.54 Å². The van der Waals surface area contributed by atoms with Crippen LogP contribution in [0.25, 0.3) is 0 Å². The van der Waals surface area contributed by atoms with Gasteiger partial charge in [0.2, 0.25) is 0 Å². The minimum Gasteiger partial charge on any atom is -0.508 e. The lowest BCUT2D eigenvalue weighted by Gasteiger charge is -2.10. The van der Waals surface area contributed by atoms with E-state index in [-0.39, 0.29) is 18.2 Å². The predicted molar refractivity (Wildman–Crippen MR) is 65.2 cm³/mol. The number of hydrogen-bond donors (Lipinski definition) is 1. The third kappa shape index (κ3) is 2.32. The van der Waals surface area contributed by atoms with Crippen molar-refractivity contribution >= 4 is 18.2 Å². The number of urea groups is 1. The number of aromatic hydroxyl groups is 1. The number of phenolic OH excluding ortho intramolecular Hbond substituents is 1. The van der Waals surface area contributed by atoms with Gasteiger partial charge in [-0.25, -0.2) is 9.80 Å². The molecule has 1 heterocycles. The third-order valence-electron chi connectivity index (χ3n) is 2.59. The highest BCUT2D eigenvalue weighted by atomic mass is 16.3. The molecule has 0 unspecified atom stereocenters. The molecular weight excluding hydrogens is 234 g/mol. The van der Waals surface area contributed by atoms with Crippen molar-refractivity contribution in [2.75, 3.05) is 13.1 Å². The Balaban J connectivity index is 2.08. The summed E-state index contributed by atoms with van der Waals surface area (Å²) in [6.45, 7) is 2.06. The van der Waals surface area contributed by atoms with Gasteiger partial charge in [0.15, 0.2) is 0 Å². The second kappa shape index (κ2) is 4.87. The first kappa shape index (κ1) is 12.1. The first-order valence-corrected chi connectivity index (χ1v) is 5.56. The van der Waals surface area contributed by atoms with Crippen LogP contribution in [0.5, 0.6) is 5.75 Å². The van der Waals surface area contributed by atoms with Crippen molar-refractivity contribution in [3.8, 4) is 5.75 Å². The fourth-order valence-electron chi connectivity index (χ4n) is 1.63. The van der Waals surface area contributed by atoms with E-state index in [0.29, 0.717) is 6.54 Å². The lowest BCUT2D eigenvalue weighted by Crippen LogP contribution is -2.30. The standard InChI is InChI=1S/C12H13N3O3/c1-2-14-11(17)8-15(12(14)18)13-7-9-3-5-10(16)6-4-9/h3-7,16H,2,8H2,1H3/b13-7+. The number of hydrogen-bond acceptors (Lipinski definition) is 4. The summed E-state index contributed by atoms with van der Waals surface area (Å²) in [5.41, 5.74) is 0.739. The highest BCUT2D eigenvalue weighted by molar-refractivity contribution is 6.02. The summed E-state index contributed by atoms with van der Waals surface area (Å²) in [6, 6.07) is 5.97. The van der Waals surface area contributed by atoms with E-state index in [1.165, 1.54) is 18.3 Å². The Bertz CT molecular complexity index is 496. The number of imide groups is 1. The third-order valence-corrected chi connectivity index (χ3v) is 2.59. The zero-order chi connectivity index (χ0) is 13.1. The maximum atomic E-state index is 11.7. The molecule has 0 radical (unpaired) electrons. The molecule has 1 aliphatic rings. The number of amides is 3. The van der Waals surface area contributed by atoms with Gasteiger partial charge < -0.3 is 5.11 Å². The molecule has 1 aromatic carbocycles. The lowest BCUT2D eigenvalue weighted by atomic mass is 10.2. The van der Waals surface area contributed by atoms with Crippen LogP contribution in [0.3, 0.4) is 0 Å². The summed E-state index contributed by atoms with van der Waals surface area (Å²) in [6.07, 6.45) is 1.48. The van der Waals surface area contributed by atoms with Crippen LogP contribution in [0.2, 0.25) is 0 Å². The maximum absolute atomic E-state index is 11.7. The molecule has 94 valence electrons. The van der Waals surface area contributed by atoms with Crippen molar-refractivity contribution < 1.29 is 14.7 Å². The van der Waals surface area contributed by atoms with Gasteiger partial charge in [-0.2, -0.15) is 5.10 Å². The minimum absolute atomic E-state index is 0.0265. The van der Waals surface area contributed by atoms with E-state index < -0.39 is 6.03 Å². The number of rotatable bonds is 3. The molecule has 18 heavy (non-hydrogen) atoms. The number of phenols is 1. The Morgan fingerprint density at radius 3 is 2.56 bits per heavy atom. The molecule has 6 heteroatoms. The molecule has 3 amide bonds. The Labute approximate surface area is 104 Å². The molecule has 0 saturated carbocycles. The van der Waals surface area contributed by atoms with Gasteiger partial charge in [0.1, 0.15) is 12.3 Å². The first-order chi connectivity index (χ1) is 8.61. The van der Waals surface area contributed by atoms with E-state index in [9.17, 15) is 9.59 Å². The second-order valence-corrected chi connectivity index (χ2v) is 3.81. The highest BCUT2D eigenvalue weighted by Crippen LogP contribution is 2.11. The van der Waals surface area contributed by atoms with Gasteiger partial charge in [0.05, 0.1) is 6.21 Å². The number of hydrazone groups is 1. The van der Waals surface area contributed by atoms with Crippen LogP contribution >= 0.6 is 0 Å². The van der Waals surface area contributed by atoms with E-state index in [4.69, 9.17) is 5.11 Å². The average molecular weight is 247 g/mol. The number of likely N-dealkylation sites (N-methyl/N-ethyl adjacent to an activating group) is 1. The van der Waals surface area contributed by atoms with Crippen LogP contribution < -0.4 is 0 Å². The van der Waals surface area contributed by atoms with Crippen LogP contribution in [-0.4, -0.2) is 46.3 Å². The van der Waals surface area contributed by atoms with Crippen molar-refractivity contribution in [3.05, 3.63) is 29.8 Å². The normalized spacial score (nSPS) is 16.1. The molecule has 1 fully saturated rings. The molecular formula is C12H13N3O3. The van der Waals surface area contributed by atoms with Crippen LogP contribution in [0.15, 0.2) is 29.4 Å². The molecule has 0 atom stereocenters. The van der Waals surface area contributed by atoms with Crippen LogP contribution in [0, 0.1) is 0 Å². The molecule has 1 N–H and O–H groups in total. The summed E-state index contributed by atoms with van der Waals surface area (Å²) >= 11 is 0. The van der Waals surface area contributed by atoms with Crippen molar-refractivity contribution in [1.29, 1.82) is 0 Å². The Morgan fingerprint density at radius 2 is 2.00 bits per heavy atom. The topological polar surface area (TPSA) is 73.2 Å². The summed E-state index contributed by atoms with van der Waals surface area (Å²) in [5.74, 6) is -0.0814. The Kier molecular flexibility index (Phi) is 3.27. The van der Waals surface area contributed by atoms with E-state index in [2.05, 4.69) is 5.10 Å². The van der Waals surface area contributed by atoms with Crippen molar-refractivity contribution in [1.82, 2.24) is 9.91 Å². The summed E-state index contributed by atoms with van der Waals surface area (Å²) in [4.78, 5) is 24.3. The summed E-state index contributed by atoms with van der Waals surface area (Å²) < 4.78 is 0. The highest BCUT2D eigenvalue weighted by Gasteiger charge is 2.34. The number of benzene rings is 1. The fourth-order valence-corrected chi connectivity index (χ4v) is 1.63. The smallest absolute Gasteiger partial charge is 0.347 e. The van der Waals surface area contributed by atoms with E-state index in [0.717, 1.165) is 15.5 Å². The maximum Gasteiger partial charge on any atom is 0.347 e. The predicted octanol–water partition coefficient (Wildman–Crippen LogP) is 1.01. The molecule has 0 bridgehead atoms. The van der Waals surface area contributed by atoms with Gasteiger partial charge in [0.25, 0.3) is 5.91 Å². The van der Waals surface area contributed by atoms with Gasteiger partial charge in [-0.1, -0.05) is 0 Å². The summed E-state index contributed by atoms with van der Waals surface area (Å²) in [5, 5.41) is 14.2. The van der Waals surface area contributed by atoms with Crippen molar-refractivity contribution in [2.45, 2.75) is 6.92 Å². The van der Waals surface area contributed by atoms with Gasteiger partial charge >= 0.3 is 6.03 Å². The molecule has 0 aliphatic carbocycles. The number of carbonyl (C=O) groups excluding carboxylic acids is 2. The fraction of sp³-hybridized carbons (Fsp3) is 0.250. The Morgan fingerprint density at radius 1 is 1.33 bits per heavy atom. The van der Waals surface area contributed by atoms with Gasteiger partial charge in [-0.05, 0) is 36.8 Å². The quantitative estimate of drug-likeness (QED) is 0.640. The minimum atomic E-state index is -0.405. The van der Waals surface area contributed by atoms with Gasteiger partial charge in [-0.15, -0.1) is 0 Å². The largest absolute Gasteiger partial charge is 0.508 e. The molecule has 1 aliphatic heterocycles. The SMILES string of the molecule is CCN1C(=O)CN(/N=C/c2ccc(O)cc2)C1=O. The van der Waals surface area contributed by atoms with Gasteiger partial charge in [-0.3, -0.25) is 9.69 Å². The molecule has 6 nitrogen and oxygen atoms in total. The van der Waals surface area contributed by atoms with Crippen molar-refractivity contribution in [3.63, 3.8) is 0 Å². The van der Waals surface area contributed by atoms with E-state index in [1.807, 2.05) is 0 Å². The molecule has 0 aromatic heterocycles. The van der Waals surface area contributed by atoms with E-state index in [1.54, 1.807) is 19.1 Å². The molecule has 2 rings (SSSR count). The van der Waals surface area contributed by atoms with Crippen LogP contribution in [-0.2, 0) is 4.79 Å². The zero-order valence-corrected chi connectivity index (χ0v) is 9.91. The average Bonchev–Trinajstić information content (AvgIpc) is 2.63. The molecule has 1 saturated heterocycles. The Hall–Kier alpha value is -2.37. The second-order valence-electron chi connectivity index (χ2n) is 3.81. The number of carbonyl (C=O) groups is 2. The van der Waals surface area contributed by atoms with Crippen molar-refractivity contribution in [2.24, 2.45) is 5.10 Å². The zero-order valence-electron chi connectivity index (χ0n) is 9.91. The summed E-state index contributed by atoms with van der Waals surface area (Å²) in [7, 11) is 0. The number of nitrogens with zero attached hydrogens (tertiary/aromatic N) is 3. The molecule has 0 spiro atoms. The monoisotopic (exact) mass is 247 g/mol. The lowest BCUT2D eigenvalue weighted by molar-refractivity contribution is -0.125. The van der Waals surface area contributed by atoms with E-state index >= 15 is 0 Å². The van der Waals surface area contributed by atoms with Crippen LogP contribution in [0.1, 0.15) is 12.5 Å².